The van der Waals surface area contributed by atoms with E-state index in [0.717, 1.165) is 22.4 Å². The molecule has 1 saturated heterocycles. The molecule has 1 fully saturated rings. The number of aliphatic imine (C=N–C) groups is 1. The number of rotatable bonds is 11. The summed E-state index contributed by atoms with van der Waals surface area (Å²) in [4.78, 5) is 32.5. The van der Waals surface area contributed by atoms with Crippen LogP contribution in [0.3, 0.4) is 0 Å². The lowest BCUT2D eigenvalue weighted by atomic mass is 10.1. The predicted molar refractivity (Wildman–Crippen MR) is 163 cm³/mol. The maximum absolute atomic E-state index is 13.6. The normalized spacial score (nSPS) is 15.1. The van der Waals surface area contributed by atoms with E-state index in [4.69, 9.17) is 19.2 Å². The molecule has 0 unspecified atom stereocenters. The van der Waals surface area contributed by atoms with Gasteiger partial charge in [0.25, 0.3) is 5.91 Å². The van der Waals surface area contributed by atoms with Crippen LogP contribution in [-0.4, -0.2) is 48.3 Å². The molecule has 7 nitrogen and oxygen atoms in total. The Labute approximate surface area is 247 Å². The van der Waals surface area contributed by atoms with Gasteiger partial charge in [0, 0.05) is 6.54 Å². The fourth-order valence-electron chi connectivity index (χ4n) is 3.96. The van der Waals surface area contributed by atoms with Crippen molar-refractivity contribution >= 4 is 56.5 Å². The standard InChI is InChI=1S/C31H31BrN2O5S/c1-4-37-26-18-23(17-25(32)29(26)39-20-28(35)38-5-2)19-27-30(36)34(16-15-22-9-7-6-8-10-22)31(40-27)33-24-13-11-21(3)12-14-24/h6-14,17-19H,4-5,15-16,20H2,1-3H3/b27-19+,33-31?. The number of hydrogen-bond acceptors (Lipinski definition) is 7. The smallest absolute Gasteiger partial charge is 0.344 e. The summed E-state index contributed by atoms with van der Waals surface area (Å²) in [5.41, 5.74) is 3.83. The van der Waals surface area contributed by atoms with Crippen molar-refractivity contribution in [1.29, 1.82) is 0 Å². The second-order valence-electron chi connectivity index (χ2n) is 8.89. The van der Waals surface area contributed by atoms with Crippen LogP contribution in [-0.2, 0) is 20.7 Å². The number of nitrogens with zero attached hydrogens (tertiary/aromatic N) is 2. The fourth-order valence-corrected chi connectivity index (χ4v) is 5.56. The molecule has 3 aromatic carbocycles. The molecule has 1 heterocycles. The van der Waals surface area contributed by atoms with Crippen molar-refractivity contribution in [2.45, 2.75) is 27.2 Å². The largest absolute Gasteiger partial charge is 0.490 e. The van der Waals surface area contributed by atoms with Gasteiger partial charge in [-0.3, -0.25) is 9.69 Å². The third-order valence-electron chi connectivity index (χ3n) is 5.88. The first-order valence-electron chi connectivity index (χ1n) is 13.0. The van der Waals surface area contributed by atoms with Gasteiger partial charge in [0.05, 0.1) is 28.3 Å². The quantitative estimate of drug-likeness (QED) is 0.170. The molecule has 0 bridgehead atoms. The second kappa shape index (κ2) is 14.2. The van der Waals surface area contributed by atoms with Crippen LogP contribution in [0.5, 0.6) is 11.5 Å². The van der Waals surface area contributed by atoms with E-state index >= 15 is 0 Å². The molecule has 1 aliphatic heterocycles. The minimum absolute atomic E-state index is 0.108. The number of benzene rings is 3. The molecule has 0 aliphatic carbocycles. The van der Waals surface area contributed by atoms with Crippen LogP contribution >= 0.6 is 27.7 Å². The van der Waals surface area contributed by atoms with E-state index in [2.05, 4.69) is 28.1 Å². The Morgan fingerprint density at radius 1 is 1.02 bits per heavy atom. The highest BCUT2D eigenvalue weighted by Gasteiger charge is 2.33. The van der Waals surface area contributed by atoms with Gasteiger partial charge in [0.1, 0.15) is 0 Å². The molecule has 0 saturated carbocycles. The maximum atomic E-state index is 13.6. The van der Waals surface area contributed by atoms with Crippen LogP contribution in [0.4, 0.5) is 5.69 Å². The molecule has 40 heavy (non-hydrogen) atoms. The minimum Gasteiger partial charge on any atom is -0.490 e. The number of esters is 1. The van der Waals surface area contributed by atoms with Gasteiger partial charge in [-0.05, 0) is 96.4 Å². The number of ether oxygens (including phenoxy) is 3. The molecular weight excluding hydrogens is 592 g/mol. The summed E-state index contributed by atoms with van der Waals surface area (Å²) in [5.74, 6) is 0.280. The van der Waals surface area contributed by atoms with Crippen LogP contribution in [0.25, 0.3) is 6.08 Å². The summed E-state index contributed by atoms with van der Waals surface area (Å²) in [5, 5.41) is 0.634. The zero-order chi connectivity index (χ0) is 28.5. The van der Waals surface area contributed by atoms with Crippen molar-refractivity contribution in [3.05, 3.63) is 92.8 Å². The van der Waals surface area contributed by atoms with Gasteiger partial charge in [0.2, 0.25) is 0 Å². The highest BCUT2D eigenvalue weighted by atomic mass is 79.9. The SMILES string of the molecule is CCOC(=O)COc1c(Br)cc(/C=C2/SC(=Nc3ccc(C)cc3)N(CCc3ccccc3)C2=O)cc1OCC. The highest BCUT2D eigenvalue weighted by Crippen LogP contribution is 2.40. The summed E-state index contributed by atoms with van der Waals surface area (Å²) >= 11 is 4.88. The van der Waals surface area contributed by atoms with Crippen molar-refractivity contribution in [1.82, 2.24) is 4.90 Å². The predicted octanol–water partition coefficient (Wildman–Crippen LogP) is 6.94. The average molecular weight is 624 g/mol. The summed E-state index contributed by atoms with van der Waals surface area (Å²) in [6.07, 6.45) is 2.53. The number of hydrogen-bond donors (Lipinski definition) is 0. The summed E-state index contributed by atoms with van der Waals surface area (Å²) < 4.78 is 17.1. The summed E-state index contributed by atoms with van der Waals surface area (Å²) in [6.45, 7) is 6.57. The van der Waals surface area contributed by atoms with E-state index in [9.17, 15) is 9.59 Å². The Balaban J connectivity index is 1.63. The van der Waals surface area contributed by atoms with Gasteiger partial charge in [-0.25, -0.2) is 9.79 Å². The van der Waals surface area contributed by atoms with Gasteiger partial charge < -0.3 is 14.2 Å². The molecule has 0 radical (unpaired) electrons. The maximum Gasteiger partial charge on any atom is 0.344 e. The number of thioether (sulfide) groups is 1. The molecule has 3 aromatic rings. The molecule has 1 amide bonds. The lowest BCUT2D eigenvalue weighted by molar-refractivity contribution is -0.145. The van der Waals surface area contributed by atoms with E-state index in [-0.39, 0.29) is 19.1 Å². The Morgan fingerprint density at radius 2 is 1.77 bits per heavy atom. The van der Waals surface area contributed by atoms with Gasteiger partial charge in [-0.15, -0.1) is 0 Å². The lowest BCUT2D eigenvalue weighted by Crippen LogP contribution is -2.31. The van der Waals surface area contributed by atoms with Crippen molar-refractivity contribution < 1.29 is 23.8 Å². The number of carbonyl (C=O) groups excluding carboxylic acids is 2. The Hall–Kier alpha value is -3.56. The van der Waals surface area contributed by atoms with Gasteiger partial charge in [-0.1, -0.05) is 48.0 Å². The second-order valence-corrected chi connectivity index (χ2v) is 10.8. The van der Waals surface area contributed by atoms with E-state index in [1.165, 1.54) is 11.8 Å². The monoisotopic (exact) mass is 622 g/mol. The van der Waals surface area contributed by atoms with Crippen LogP contribution in [0.2, 0.25) is 0 Å². The highest BCUT2D eigenvalue weighted by molar-refractivity contribution is 9.10. The Morgan fingerprint density at radius 3 is 2.48 bits per heavy atom. The molecule has 4 rings (SSSR count). The van der Waals surface area contributed by atoms with Crippen molar-refractivity contribution in [2.75, 3.05) is 26.4 Å². The number of amides is 1. The topological polar surface area (TPSA) is 77.4 Å². The average Bonchev–Trinajstić information content (AvgIpc) is 3.22. The van der Waals surface area contributed by atoms with E-state index in [0.29, 0.717) is 45.6 Å². The zero-order valence-electron chi connectivity index (χ0n) is 22.7. The molecule has 0 N–H and O–H groups in total. The molecule has 1 aliphatic rings. The molecule has 0 spiro atoms. The van der Waals surface area contributed by atoms with Crippen LogP contribution in [0, 0.1) is 6.92 Å². The Bertz CT molecular complexity index is 1410. The first-order chi connectivity index (χ1) is 19.4. The Kier molecular flexibility index (Phi) is 10.4. The van der Waals surface area contributed by atoms with Gasteiger partial charge in [0.15, 0.2) is 23.3 Å². The summed E-state index contributed by atoms with van der Waals surface area (Å²) in [6, 6.07) is 21.6. The van der Waals surface area contributed by atoms with Crippen molar-refractivity contribution in [2.24, 2.45) is 4.99 Å². The fraction of sp³-hybridized carbons (Fsp3) is 0.258. The molecule has 9 heteroatoms. The zero-order valence-corrected chi connectivity index (χ0v) is 25.1. The van der Waals surface area contributed by atoms with Crippen molar-refractivity contribution in [3.8, 4) is 11.5 Å². The third-order valence-corrected chi connectivity index (χ3v) is 7.48. The number of aryl methyl sites for hydroxylation is 1. The minimum atomic E-state index is -0.466. The number of amidine groups is 1. The van der Waals surface area contributed by atoms with Crippen LogP contribution < -0.4 is 9.47 Å². The first kappa shape index (κ1) is 29.4. The third kappa shape index (κ3) is 7.76. The number of halogens is 1. The van der Waals surface area contributed by atoms with Crippen LogP contribution in [0.1, 0.15) is 30.5 Å². The number of carbonyl (C=O) groups is 2. The first-order valence-corrected chi connectivity index (χ1v) is 14.6. The van der Waals surface area contributed by atoms with Crippen LogP contribution in [0.15, 0.2) is 81.1 Å². The molecule has 0 atom stereocenters. The molecule has 0 aromatic heterocycles. The summed E-state index contributed by atoms with van der Waals surface area (Å²) in [7, 11) is 0. The van der Waals surface area contributed by atoms with E-state index in [1.54, 1.807) is 17.9 Å². The van der Waals surface area contributed by atoms with E-state index in [1.807, 2.05) is 68.5 Å². The lowest BCUT2D eigenvalue weighted by Gasteiger charge is -2.16. The molecule has 208 valence electrons. The van der Waals surface area contributed by atoms with Gasteiger partial charge >= 0.3 is 5.97 Å². The molecular formula is C31H31BrN2O5S. The van der Waals surface area contributed by atoms with E-state index < -0.39 is 5.97 Å². The van der Waals surface area contributed by atoms with Crippen molar-refractivity contribution in [3.63, 3.8) is 0 Å². The van der Waals surface area contributed by atoms with Gasteiger partial charge in [-0.2, -0.15) is 0 Å².